The molecule has 0 bridgehead atoms. The van der Waals surface area contributed by atoms with Gasteiger partial charge in [0, 0.05) is 22.5 Å². The molecule has 3 aromatic rings. The largest absolute Gasteiger partial charge is 0.360 e. The molecule has 3 nitrogen and oxygen atoms in total. The van der Waals surface area contributed by atoms with Crippen LogP contribution in [0.2, 0.25) is 0 Å². The van der Waals surface area contributed by atoms with E-state index < -0.39 is 7.14 Å². The molecule has 3 aromatic carbocycles. The summed E-state index contributed by atoms with van der Waals surface area (Å²) in [5.41, 5.74) is 2.00. The van der Waals surface area contributed by atoms with E-state index in [-0.39, 0.29) is 5.31 Å². The highest BCUT2D eigenvalue weighted by Gasteiger charge is 2.32. The Hall–Kier alpha value is -3.08. The van der Waals surface area contributed by atoms with Crippen molar-refractivity contribution in [3.8, 4) is 6.07 Å². The van der Waals surface area contributed by atoms with E-state index in [1.165, 1.54) is 0 Å². The zero-order valence-corrected chi connectivity index (χ0v) is 15.4. The average Bonchev–Trinajstić information content (AvgIpc) is 2.71. The van der Waals surface area contributed by atoms with Crippen molar-refractivity contribution in [2.24, 2.45) is 0 Å². The van der Waals surface area contributed by atoms with Crippen molar-refractivity contribution in [2.75, 3.05) is 5.32 Å². The molecule has 0 aliphatic heterocycles. The quantitative estimate of drug-likeness (QED) is 0.527. The smallest absolute Gasteiger partial charge is 0.182 e. The van der Waals surface area contributed by atoms with Crippen molar-refractivity contribution in [3.05, 3.63) is 102 Å². The van der Waals surface area contributed by atoms with Crippen LogP contribution >= 0.6 is 7.14 Å². The lowest BCUT2D eigenvalue weighted by atomic mass is 10.2. The van der Waals surface area contributed by atoms with Crippen LogP contribution in [0.4, 0.5) is 5.69 Å². The lowest BCUT2D eigenvalue weighted by Crippen LogP contribution is -2.17. The SMILES string of the molecule is Cc1ccc(NC=C(C#N)P(=O)(c2ccccc2)c2ccccc2)cc1. The number of allylic oxidation sites excluding steroid dienone is 1. The first-order valence-electron chi connectivity index (χ1n) is 8.30. The summed E-state index contributed by atoms with van der Waals surface area (Å²) in [6, 6.07) is 28.3. The number of aryl methyl sites for hydroxylation is 1. The Bertz CT molecular complexity index is 944. The first kappa shape index (κ1) is 17.7. The third-order valence-corrected chi connectivity index (χ3v) is 7.08. The van der Waals surface area contributed by atoms with Crippen molar-refractivity contribution in [3.63, 3.8) is 0 Å². The molecular weight excluding hydrogens is 339 g/mol. The van der Waals surface area contributed by atoms with Crippen LogP contribution in [0.1, 0.15) is 5.56 Å². The minimum Gasteiger partial charge on any atom is -0.360 e. The maximum atomic E-state index is 14.1. The monoisotopic (exact) mass is 358 g/mol. The van der Waals surface area contributed by atoms with Crippen molar-refractivity contribution >= 4 is 23.4 Å². The van der Waals surface area contributed by atoms with Crippen LogP contribution < -0.4 is 15.9 Å². The molecule has 0 aromatic heterocycles. The topological polar surface area (TPSA) is 52.9 Å². The molecule has 4 heteroatoms. The second-order valence-electron chi connectivity index (χ2n) is 5.93. The van der Waals surface area contributed by atoms with Gasteiger partial charge < -0.3 is 9.88 Å². The number of nitrogens with zero attached hydrogens (tertiary/aromatic N) is 1. The molecule has 0 spiro atoms. The van der Waals surface area contributed by atoms with Crippen molar-refractivity contribution in [1.82, 2.24) is 0 Å². The molecule has 1 N–H and O–H groups in total. The van der Waals surface area contributed by atoms with Crippen LogP contribution in [0.3, 0.4) is 0 Å². The molecule has 0 amide bonds. The molecule has 3 rings (SSSR count). The Morgan fingerprint density at radius 1 is 0.885 bits per heavy atom. The van der Waals surface area contributed by atoms with Crippen LogP contribution in [0.25, 0.3) is 0 Å². The summed E-state index contributed by atoms with van der Waals surface area (Å²) in [6.45, 7) is 2.01. The first-order valence-corrected chi connectivity index (χ1v) is 10.0. The van der Waals surface area contributed by atoms with Gasteiger partial charge in [-0.3, -0.25) is 0 Å². The van der Waals surface area contributed by atoms with Gasteiger partial charge in [0.1, 0.15) is 11.4 Å². The number of nitrogens with one attached hydrogen (secondary N) is 1. The lowest BCUT2D eigenvalue weighted by Gasteiger charge is -2.18. The first-order chi connectivity index (χ1) is 12.6. The van der Waals surface area contributed by atoms with Crippen molar-refractivity contribution in [2.45, 2.75) is 6.92 Å². The standard InChI is InChI=1S/C22H19N2OP/c1-18-12-14-19(15-13-18)24-17-22(16-23)26(25,20-8-4-2-5-9-20)21-10-6-3-7-11-21/h2-15,17,24H,1H3. The zero-order valence-electron chi connectivity index (χ0n) is 14.5. The summed E-state index contributed by atoms with van der Waals surface area (Å²) < 4.78 is 14.1. The number of hydrogen-bond acceptors (Lipinski definition) is 3. The summed E-state index contributed by atoms with van der Waals surface area (Å²) in [7, 11) is -3.24. The summed E-state index contributed by atoms with van der Waals surface area (Å²) >= 11 is 0. The molecule has 0 unspecified atom stereocenters. The fourth-order valence-corrected chi connectivity index (χ4v) is 5.12. The number of benzene rings is 3. The molecule has 26 heavy (non-hydrogen) atoms. The third kappa shape index (κ3) is 3.61. The highest BCUT2D eigenvalue weighted by Crippen LogP contribution is 2.51. The van der Waals surface area contributed by atoms with Gasteiger partial charge in [-0.15, -0.1) is 0 Å². The van der Waals surface area contributed by atoms with Gasteiger partial charge in [0.2, 0.25) is 0 Å². The molecule has 0 radical (unpaired) electrons. The predicted molar refractivity (Wildman–Crippen MR) is 108 cm³/mol. The van der Waals surface area contributed by atoms with E-state index in [1.807, 2.05) is 91.9 Å². The highest BCUT2D eigenvalue weighted by molar-refractivity contribution is 7.82. The van der Waals surface area contributed by atoms with E-state index in [0.717, 1.165) is 11.3 Å². The van der Waals surface area contributed by atoms with Crippen LogP contribution in [0.15, 0.2) is 96.4 Å². The zero-order chi connectivity index (χ0) is 18.4. The maximum Gasteiger partial charge on any atom is 0.182 e. The molecular formula is C22H19N2OP. The van der Waals surface area contributed by atoms with E-state index >= 15 is 0 Å². The minimum absolute atomic E-state index is 0.218. The Balaban J connectivity index is 2.08. The second-order valence-corrected chi connectivity index (χ2v) is 8.67. The Morgan fingerprint density at radius 3 is 1.85 bits per heavy atom. The van der Waals surface area contributed by atoms with Gasteiger partial charge >= 0.3 is 0 Å². The normalized spacial score (nSPS) is 11.6. The second kappa shape index (κ2) is 7.87. The van der Waals surface area contributed by atoms with Crippen LogP contribution in [-0.2, 0) is 4.57 Å². The summed E-state index contributed by atoms with van der Waals surface area (Å²) in [6.07, 6.45) is 1.56. The number of hydrogen-bond donors (Lipinski definition) is 1. The Labute approximate surface area is 154 Å². The van der Waals surface area contributed by atoms with E-state index in [1.54, 1.807) is 6.20 Å². The summed E-state index contributed by atoms with van der Waals surface area (Å²) in [5.74, 6) is 0. The highest BCUT2D eigenvalue weighted by atomic mass is 31.2. The number of rotatable bonds is 5. The molecule has 128 valence electrons. The average molecular weight is 358 g/mol. The van der Waals surface area contributed by atoms with Gasteiger partial charge in [0.25, 0.3) is 0 Å². The van der Waals surface area contributed by atoms with Gasteiger partial charge in [-0.2, -0.15) is 5.26 Å². The van der Waals surface area contributed by atoms with E-state index in [0.29, 0.717) is 10.6 Å². The molecule has 0 fully saturated rings. The fourth-order valence-electron chi connectivity index (χ4n) is 2.70. The lowest BCUT2D eigenvalue weighted by molar-refractivity contribution is 0.591. The van der Waals surface area contributed by atoms with Crippen LogP contribution in [-0.4, -0.2) is 0 Å². The van der Waals surface area contributed by atoms with Crippen molar-refractivity contribution in [1.29, 1.82) is 5.26 Å². The Morgan fingerprint density at radius 2 is 1.38 bits per heavy atom. The Kier molecular flexibility index (Phi) is 5.37. The van der Waals surface area contributed by atoms with Crippen LogP contribution in [0.5, 0.6) is 0 Å². The fraction of sp³-hybridized carbons (Fsp3) is 0.0455. The molecule has 0 heterocycles. The third-order valence-electron chi connectivity index (χ3n) is 4.12. The molecule has 0 atom stereocenters. The van der Waals surface area contributed by atoms with Gasteiger partial charge in [-0.1, -0.05) is 78.4 Å². The van der Waals surface area contributed by atoms with E-state index in [9.17, 15) is 9.83 Å². The van der Waals surface area contributed by atoms with Crippen molar-refractivity contribution < 1.29 is 4.57 Å². The van der Waals surface area contributed by atoms with Gasteiger partial charge in [0.05, 0.1) is 0 Å². The number of anilines is 1. The van der Waals surface area contributed by atoms with E-state index in [2.05, 4.69) is 11.4 Å². The van der Waals surface area contributed by atoms with E-state index in [4.69, 9.17) is 0 Å². The maximum absolute atomic E-state index is 14.1. The predicted octanol–water partition coefficient (Wildman–Crippen LogP) is 4.79. The van der Waals surface area contributed by atoms with Gasteiger partial charge in [-0.25, -0.2) is 0 Å². The molecule has 0 aliphatic rings. The van der Waals surface area contributed by atoms with Gasteiger partial charge in [0.15, 0.2) is 7.14 Å². The molecule has 0 saturated heterocycles. The van der Waals surface area contributed by atoms with Gasteiger partial charge in [-0.05, 0) is 19.1 Å². The summed E-state index contributed by atoms with van der Waals surface area (Å²) in [4.78, 5) is 0. The molecule has 0 saturated carbocycles. The molecule has 0 aliphatic carbocycles. The summed E-state index contributed by atoms with van der Waals surface area (Å²) in [5, 5.41) is 14.4. The minimum atomic E-state index is -3.24. The number of nitriles is 1. The van der Waals surface area contributed by atoms with Crippen LogP contribution in [0, 0.1) is 18.3 Å².